The van der Waals surface area contributed by atoms with Gasteiger partial charge in [0, 0.05) is 47.7 Å². The van der Waals surface area contributed by atoms with Gasteiger partial charge in [-0.2, -0.15) is 23.5 Å². The first kappa shape index (κ1) is 47.9. The minimum atomic E-state index is -0.343. The van der Waals surface area contributed by atoms with E-state index in [9.17, 15) is 9.59 Å². The highest BCUT2D eigenvalue weighted by molar-refractivity contribution is 8.00. The second-order valence-corrected chi connectivity index (χ2v) is 18.7. The highest BCUT2D eigenvalue weighted by atomic mass is 32.2. The van der Waals surface area contributed by atoms with Crippen molar-refractivity contribution >= 4 is 35.5 Å². The van der Waals surface area contributed by atoms with Crippen LogP contribution in [0.3, 0.4) is 0 Å². The Hall–Kier alpha value is -0.520. The molecule has 0 aromatic carbocycles. The first-order chi connectivity index (χ1) is 26.4. The summed E-state index contributed by atoms with van der Waals surface area (Å²) in [6, 6.07) is 0. The van der Waals surface area contributed by atoms with Crippen LogP contribution in [0.15, 0.2) is 0 Å². The van der Waals surface area contributed by atoms with Gasteiger partial charge in [-0.15, -0.1) is 0 Å². The van der Waals surface area contributed by atoms with Crippen molar-refractivity contribution in [3.05, 3.63) is 0 Å². The second-order valence-electron chi connectivity index (χ2n) is 16.1. The molecule has 0 amide bonds. The lowest BCUT2D eigenvalue weighted by Crippen LogP contribution is -2.50. The van der Waals surface area contributed by atoms with Crippen LogP contribution in [0.5, 0.6) is 0 Å². The Bertz CT molecular complexity index is 882. The lowest BCUT2D eigenvalue weighted by molar-refractivity contribution is -0.223. The maximum atomic E-state index is 12.9. The van der Waals surface area contributed by atoms with E-state index < -0.39 is 0 Å². The van der Waals surface area contributed by atoms with Crippen LogP contribution in [0.1, 0.15) is 195 Å². The van der Waals surface area contributed by atoms with Crippen LogP contribution in [0.2, 0.25) is 0 Å². The van der Waals surface area contributed by atoms with Gasteiger partial charge in [-0.1, -0.05) is 142 Å². The number of ether oxygens (including phenoxy) is 6. The molecule has 0 saturated carbocycles. The minimum Gasteiger partial charge on any atom is -0.458 e. The van der Waals surface area contributed by atoms with Gasteiger partial charge >= 0.3 is 11.9 Å². The fourth-order valence-electron chi connectivity index (χ4n) is 7.93. The highest BCUT2D eigenvalue weighted by Gasteiger charge is 2.42. The van der Waals surface area contributed by atoms with Crippen molar-refractivity contribution in [2.75, 3.05) is 24.7 Å². The molecule has 0 radical (unpaired) electrons. The summed E-state index contributed by atoms with van der Waals surface area (Å²) in [7, 11) is 0. The van der Waals surface area contributed by atoms with E-state index in [0.717, 1.165) is 37.2 Å². The van der Waals surface area contributed by atoms with E-state index >= 15 is 0 Å². The van der Waals surface area contributed by atoms with Crippen molar-refractivity contribution < 1.29 is 38.0 Å². The zero-order valence-corrected chi connectivity index (χ0v) is 36.5. The molecule has 0 aliphatic carbocycles. The van der Waals surface area contributed by atoms with Crippen LogP contribution in [-0.2, 0) is 38.0 Å². The molecule has 3 rings (SSSR count). The Balaban J connectivity index is 1.35. The molecule has 3 heterocycles. The lowest BCUT2D eigenvalue weighted by Gasteiger charge is -2.41. The third-order valence-corrected chi connectivity index (χ3v) is 13.8. The molecular weight excluding hydrogens is 721 g/mol. The molecule has 316 valence electrons. The lowest BCUT2D eigenvalue weighted by atomic mass is 10.0. The fraction of sp³-hybridized carbons (Fsp3) is 0.955. The minimum absolute atomic E-state index is 0.0716. The first-order valence-corrected chi connectivity index (χ1v) is 24.7. The molecule has 0 N–H and O–H groups in total. The Morgan fingerprint density at radius 3 is 1.15 bits per heavy atom. The van der Waals surface area contributed by atoms with Crippen molar-refractivity contribution in [1.29, 1.82) is 0 Å². The number of fused-ring (bicyclic) bond motifs is 4. The average Bonchev–Trinajstić information content (AvgIpc) is 3.15. The third-order valence-electron chi connectivity index (χ3n) is 11.2. The van der Waals surface area contributed by atoms with Gasteiger partial charge in [0.1, 0.15) is 12.2 Å². The van der Waals surface area contributed by atoms with Crippen LogP contribution >= 0.6 is 23.5 Å². The average molecular weight is 801 g/mol. The van der Waals surface area contributed by atoms with Crippen LogP contribution in [0, 0.1) is 0 Å². The Labute approximate surface area is 339 Å². The van der Waals surface area contributed by atoms with E-state index in [4.69, 9.17) is 28.4 Å². The zero-order chi connectivity index (χ0) is 38.6. The summed E-state index contributed by atoms with van der Waals surface area (Å²) < 4.78 is 37.2. The van der Waals surface area contributed by atoms with Crippen LogP contribution in [0.25, 0.3) is 0 Å². The van der Waals surface area contributed by atoms with Gasteiger partial charge in [-0.05, 0) is 26.7 Å². The van der Waals surface area contributed by atoms with Gasteiger partial charge in [0.15, 0.2) is 12.6 Å². The molecule has 0 aromatic heterocycles. The van der Waals surface area contributed by atoms with E-state index in [0.29, 0.717) is 38.9 Å². The van der Waals surface area contributed by atoms with Gasteiger partial charge in [-0.25, -0.2) is 0 Å². The number of carbonyl (C=O) groups is 2. The monoisotopic (exact) mass is 801 g/mol. The van der Waals surface area contributed by atoms with Crippen molar-refractivity contribution in [3.63, 3.8) is 0 Å². The molecule has 3 aliphatic rings. The van der Waals surface area contributed by atoms with Crippen molar-refractivity contribution in [1.82, 2.24) is 0 Å². The standard InChI is InChI=1S/C44H80O8S2/c1-5-7-9-11-13-15-17-19-21-23-25-27-39(45)51-43-35(3)49-41-33-37(43)53-31-29-48-42-34-38(54-32-30-47-41)44(36(4)50-42)52-40(46)28-26-24-22-20-18-16-14-12-10-8-6-2/h35-38,41-44H,5-34H2,1-4H3/t35-,36-,37-,38-,41+,42+,43-,44-/m0/s1. The predicted molar refractivity (Wildman–Crippen MR) is 224 cm³/mol. The number of carbonyl (C=O) groups excluding carboxylic acids is 2. The highest BCUT2D eigenvalue weighted by Crippen LogP contribution is 2.36. The van der Waals surface area contributed by atoms with Gasteiger partial charge in [-0.3, -0.25) is 9.59 Å². The normalized spacial score (nSPS) is 27.9. The molecular formula is C44H80O8S2. The topological polar surface area (TPSA) is 89.5 Å². The molecule has 0 spiro atoms. The number of thioether (sulfide) groups is 2. The molecule has 3 fully saturated rings. The van der Waals surface area contributed by atoms with Crippen molar-refractivity contribution in [3.8, 4) is 0 Å². The SMILES string of the molecule is CCCCCCCCCCCCCC(=O)O[C@H]1[C@H](C)O[C@@H]2C[C@@H]1SCCO[C@H]1C[C@H](SCCO2)[C@@H](OC(=O)CCCCCCCCCCCCC)[C@H](C)O1. The molecule has 3 aliphatic heterocycles. The van der Waals surface area contributed by atoms with E-state index in [1.807, 2.05) is 13.8 Å². The zero-order valence-electron chi connectivity index (χ0n) is 34.9. The quantitative estimate of drug-likeness (QED) is 0.0622. The van der Waals surface area contributed by atoms with Gasteiger partial charge in [0.2, 0.25) is 0 Å². The molecule has 0 unspecified atom stereocenters. The summed E-state index contributed by atoms with van der Waals surface area (Å²) in [6.07, 6.45) is 28.1. The summed E-state index contributed by atoms with van der Waals surface area (Å²) in [6.45, 7) is 9.57. The summed E-state index contributed by atoms with van der Waals surface area (Å²) in [4.78, 5) is 25.9. The van der Waals surface area contributed by atoms with E-state index in [1.165, 1.54) is 116 Å². The summed E-state index contributed by atoms with van der Waals surface area (Å²) >= 11 is 3.54. The van der Waals surface area contributed by atoms with Gasteiger partial charge in [0.25, 0.3) is 0 Å². The van der Waals surface area contributed by atoms with Gasteiger partial charge < -0.3 is 28.4 Å². The Morgan fingerprint density at radius 1 is 0.500 bits per heavy atom. The summed E-state index contributed by atoms with van der Waals surface area (Å²) in [5.74, 6) is 1.26. The molecule has 10 heteroatoms. The van der Waals surface area contributed by atoms with Crippen molar-refractivity contribution in [2.24, 2.45) is 0 Å². The third kappa shape index (κ3) is 20.8. The molecule has 3 saturated heterocycles. The number of hydrogen-bond acceptors (Lipinski definition) is 10. The first-order valence-electron chi connectivity index (χ1n) is 22.6. The number of esters is 2. The van der Waals surface area contributed by atoms with E-state index in [2.05, 4.69) is 13.8 Å². The molecule has 4 bridgehead atoms. The Kier molecular flexibility index (Phi) is 27.1. The molecule has 8 atom stereocenters. The molecule has 54 heavy (non-hydrogen) atoms. The predicted octanol–water partition coefficient (Wildman–Crippen LogP) is 11.7. The summed E-state index contributed by atoms with van der Waals surface area (Å²) in [5, 5.41) is 0.143. The van der Waals surface area contributed by atoms with E-state index in [-0.39, 0.29) is 59.4 Å². The largest absolute Gasteiger partial charge is 0.458 e. The van der Waals surface area contributed by atoms with Gasteiger partial charge in [0.05, 0.1) is 25.4 Å². The van der Waals surface area contributed by atoms with Crippen LogP contribution in [0.4, 0.5) is 0 Å². The number of unbranched alkanes of at least 4 members (excludes halogenated alkanes) is 20. The Morgan fingerprint density at radius 2 is 0.815 bits per heavy atom. The van der Waals surface area contributed by atoms with E-state index in [1.54, 1.807) is 23.5 Å². The van der Waals surface area contributed by atoms with Crippen molar-refractivity contribution in [2.45, 2.75) is 242 Å². The molecule has 0 aromatic rings. The maximum absolute atomic E-state index is 12.9. The van der Waals surface area contributed by atoms with Crippen LogP contribution in [-0.4, -0.2) is 84.2 Å². The maximum Gasteiger partial charge on any atom is 0.306 e. The number of rotatable bonds is 26. The molecule has 8 nitrogen and oxygen atoms in total. The number of hydrogen-bond donors (Lipinski definition) is 0. The second kappa shape index (κ2) is 30.5. The fourth-order valence-corrected chi connectivity index (χ4v) is 10.4. The van der Waals surface area contributed by atoms with Crippen LogP contribution < -0.4 is 0 Å². The summed E-state index contributed by atoms with van der Waals surface area (Å²) in [5.41, 5.74) is 0. The smallest absolute Gasteiger partial charge is 0.306 e.